The fourth-order valence-electron chi connectivity index (χ4n) is 6.35. The van der Waals surface area contributed by atoms with Gasteiger partial charge in [-0.3, -0.25) is 14.4 Å². The summed E-state index contributed by atoms with van der Waals surface area (Å²) in [7, 11) is 1.20. The third kappa shape index (κ3) is 11.4. The lowest BCUT2D eigenvalue weighted by atomic mass is 9.73. The number of ether oxygens (including phenoxy) is 3. The first-order valence-electron chi connectivity index (χ1n) is 19.2. The first-order chi connectivity index (χ1) is 31.1. The minimum Gasteiger partial charge on any atom is -0.494 e. The van der Waals surface area contributed by atoms with E-state index in [1.54, 1.807) is 72.8 Å². The maximum Gasteiger partial charge on any atom is 0.411 e. The van der Waals surface area contributed by atoms with E-state index >= 15 is 0 Å². The second kappa shape index (κ2) is 21.4. The molecule has 0 aliphatic rings. The van der Waals surface area contributed by atoms with E-state index in [-0.39, 0.29) is 37.5 Å². The lowest BCUT2D eigenvalue weighted by Gasteiger charge is -2.39. The molecule has 0 aromatic heterocycles. The lowest BCUT2D eigenvalue weighted by Crippen LogP contribution is -2.54. The molecule has 0 aliphatic heterocycles. The molecule has 66 heavy (non-hydrogen) atoms. The van der Waals surface area contributed by atoms with Crippen molar-refractivity contribution in [3.63, 3.8) is 0 Å². The maximum atomic E-state index is 14.9. The Hall–Kier alpha value is -5.50. The van der Waals surface area contributed by atoms with Gasteiger partial charge in [0.25, 0.3) is 11.8 Å². The molecule has 0 spiro atoms. The molecule has 2 N–H and O–H groups in total. The van der Waals surface area contributed by atoms with Gasteiger partial charge < -0.3 is 24.8 Å². The maximum absolute atomic E-state index is 14.9. The molecule has 0 atom stereocenters. The lowest BCUT2D eigenvalue weighted by molar-refractivity contribution is -0.288. The Bertz CT molecular complexity index is 2690. The summed E-state index contributed by atoms with van der Waals surface area (Å²) in [6.07, 6.45) is -11.8. The number of Topliss-reactive ketones (excluding diaryl/α,β-unsaturated/α-hetero) is 1. The van der Waals surface area contributed by atoms with E-state index in [0.29, 0.717) is 58.3 Å². The standard InChI is InChI=1S/C45H28Br4F6N2O7.C2H6/c1-23(58)24-3-5-25(6-4-24)40(59)56-30-11-15-32(16-12-30)63-33-17-13-31(14-18-33)57-41(60)26-7-9-27(10-8-26)42(61)64-39-36(48)21-29(22-37(39)49)43(44(50,51)52,45(53,54)55)28-19-34(46)38(62-2)35(47)20-28;1-2/h3-22H,1-2H3,(H,56,59)(H,57,60);1-2H3. The van der Waals surface area contributed by atoms with Crippen molar-refractivity contribution in [2.75, 3.05) is 17.7 Å². The molecule has 6 rings (SSSR count). The predicted octanol–water partition coefficient (Wildman–Crippen LogP) is 14.9. The zero-order chi connectivity index (χ0) is 48.7. The van der Waals surface area contributed by atoms with E-state index in [2.05, 4.69) is 74.4 Å². The summed E-state index contributed by atoms with van der Waals surface area (Å²) in [5.41, 5.74) is -5.12. The van der Waals surface area contributed by atoms with Crippen LogP contribution in [0.5, 0.6) is 23.0 Å². The summed E-state index contributed by atoms with van der Waals surface area (Å²) in [4.78, 5) is 50.3. The molecule has 6 aromatic carbocycles. The first kappa shape index (κ1) is 51.5. The molecule has 0 saturated carbocycles. The van der Waals surface area contributed by atoms with E-state index in [4.69, 9.17) is 14.2 Å². The molecule has 0 unspecified atom stereocenters. The van der Waals surface area contributed by atoms with Gasteiger partial charge in [-0.1, -0.05) is 26.0 Å². The highest BCUT2D eigenvalue weighted by Crippen LogP contribution is 2.59. The van der Waals surface area contributed by atoms with Gasteiger partial charge in [0.05, 0.1) is 30.6 Å². The van der Waals surface area contributed by atoms with Crippen LogP contribution in [0.3, 0.4) is 0 Å². The van der Waals surface area contributed by atoms with Crippen molar-refractivity contribution in [3.8, 4) is 23.0 Å². The summed E-state index contributed by atoms with van der Waals surface area (Å²) in [5.74, 6) is -1.57. The summed E-state index contributed by atoms with van der Waals surface area (Å²) < 4.78 is 105. The number of nitrogens with one attached hydrogen (secondary N) is 2. The van der Waals surface area contributed by atoms with Crippen molar-refractivity contribution in [2.45, 2.75) is 38.5 Å². The molecule has 0 aliphatic carbocycles. The number of rotatable bonds is 12. The van der Waals surface area contributed by atoms with Crippen LogP contribution in [0.4, 0.5) is 37.7 Å². The zero-order valence-electron chi connectivity index (χ0n) is 34.7. The first-order valence-corrected chi connectivity index (χ1v) is 22.4. The van der Waals surface area contributed by atoms with Crippen molar-refractivity contribution in [1.29, 1.82) is 0 Å². The Morgan fingerprint density at radius 3 is 1.17 bits per heavy atom. The molecule has 19 heteroatoms. The molecule has 344 valence electrons. The van der Waals surface area contributed by atoms with Crippen LogP contribution < -0.4 is 24.8 Å². The van der Waals surface area contributed by atoms with Gasteiger partial charge in [0.1, 0.15) is 17.2 Å². The van der Waals surface area contributed by atoms with E-state index in [1.165, 1.54) is 38.3 Å². The Morgan fingerprint density at radius 1 is 0.500 bits per heavy atom. The van der Waals surface area contributed by atoms with Crippen LogP contribution in [0, 0.1) is 0 Å². The van der Waals surface area contributed by atoms with Gasteiger partial charge in [-0.15, -0.1) is 0 Å². The van der Waals surface area contributed by atoms with Crippen molar-refractivity contribution < 1.29 is 59.7 Å². The number of carbonyl (C=O) groups is 4. The third-order valence-electron chi connectivity index (χ3n) is 9.51. The SMILES string of the molecule is CC.COc1c(Br)cc(C(c2cc(Br)c(OC(=O)c3ccc(C(=O)Nc4ccc(Oc5ccc(NC(=O)c6ccc(C(C)=O)cc6)cc5)cc4)cc3)c(Br)c2)(C(F)(F)F)C(F)(F)F)cc1Br. The molecule has 9 nitrogen and oxygen atoms in total. The Morgan fingerprint density at radius 2 is 0.833 bits per heavy atom. The Kier molecular flexibility index (Phi) is 16.7. The number of ketones is 1. The largest absolute Gasteiger partial charge is 0.494 e. The molecule has 0 bridgehead atoms. The third-order valence-corrected chi connectivity index (χ3v) is 11.9. The Balaban J connectivity index is 0.00000403. The fraction of sp³-hybridized carbons (Fsp3) is 0.149. The summed E-state index contributed by atoms with van der Waals surface area (Å²) in [6, 6.07) is 27.0. The summed E-state index contributed by atoms with van der Waals surface area (Å²) in [5, 5.41) is 5.48. The smallest absolute Gasteiger partial charge is 0.411 e. The van der Waals surface area contributed by atoms with Gasteiger partial charge in [0.15, 0.2) is 11.5 Å². The molecule has 2 amide bonds. The van der Waals surface area contributed by atoms with E-state index < -0.39 is 55.5 Å². The summed E-state index contributed by atoms with van der Waals surface area (Å²) >= 11 is 12.0. The van der Waals surface area contributed by atoms with Gasteiger partial charge >= 0.3 is 18.3 Å². The number of esters is 1. The second-order valence-corrected chi connectivity index (χ2v) is 17.1. The van der Waals surface area contributed by atoms with Gasteiger partial charge in [0, 0.05) is 28.1 Å². The number of benzene rings is 6. The number of hydrogen-bond donors (Lipinski definition) is 2. The average Bonchev–Trinajstić information content (AvgIpc) is 3.26. The van der Waals surface area contributed by atoms with Crippen LogP contribution >= 0.6 is 63.7 Å². The Labute approximate surface area is 407 Å². The molecular formula is C47H34Br4F6N2O7. The van der Waals surface area contributed by atoms with E-state index in [1.807, 2.05) is 13.8 Å². The van der Waals surface area contributed by atoms with Crippen LogP contribution in [-0.4, -0.2) is 43.0 Å². The van der Waals surface area contributed by atoms with Crippen molar-refractivity contribution in [3.05, 3.63) is 173 Å². The number of anilines is 2. The minimum absolute atomic E-state index is 0.0270. The normalized spacial score (nSPS) is 11.4. The molecule has 0 heterocycles. The topological polar surface area (TPSA) is 120 Å². The highest BCUT2D eigenvalue weighted by Gasteiger charge is 2.73. The number of amides is 2. The number of alkyl halides is 6. The average molecular weight is 1170 g/mol. The van der Waals surface area contributed by atoms with Gasteiger partial charge in [-0.2, -0.15) is 26.3 Å². The summed E-state index contributed by atoms with van der Waals surface area (Å²) in [6.45, 7) is 5.44. The number of methoxy groups -OCH3 is 1. The quantitative estimate of drug-likeness (QED) is 0.0542. The molecule has 0 radical (unpaired) electrons. The van der Waals surface area contributed by atoms with E-state index in [9.17, 15) is 45.5 Å². The number of carbonyl (C=O) groups excluding carboxylic acids is 4. The van der Waals surface area contributed by atoms with Crippen LogP contribution in [0.15, 0.2) is 139 Å². The number of halogens is 10. The molecule has 0 fully saturated rings. The van der Waals surface area contributed by atoms with Crippen LogP contribution in [-0.2, 0) is 5.41 Å². The second-order valence-electron chi connectivity index (χ2n) is 13.6. The monoisotopic (exact) mass is 1170 g/mol. The zero-order valence-corrected chi connectivity index (χ0v) is 41.0. The van der Waals surface area contributed by atoms with E-state index in [0.717, 1.165) is 0 Å². The molecule has 0 saturated heterocycles. The van der Waals surface area contributed by atoms with Crippen LogP contribution in [0.2, 0.25) is 0 Å². The molecule has 6 aromatic rings. The van der Waals surface area contributed by atoms with Crippen molar-refractivity contribution >= 4 is 98.7 Å². The van der Waals surface area contributed by atoms with Gasteiger partial charge in [-0.25, -0.2) is 4.79 Å². The highest BCUT2D eigenvalue weighted by molar-refractivity contribution is 9.11. The highest BCUT2D eigenvalue weighted by atomic mass is 79.9. The fourth-order valence-corrected chi connectivity index (χ4v) is 9.21. The predicted molar refractivity (Wildman–Crippen MR) is 251 cm³/mol. The van der Waals surface area contributed by atoms with Gasteiger partial charge in [0.2, 0.25) is 5.41 Å². The minimum atomic E-state index is -5.92. The van der Waals surface area contributed by atoms with Crippen LogP contribution in [0.25, 0.3) is 0 Å². The van der Waals surface area contributed by atoms with Gasteiger partial charge in [-0.05, 0) is 191 Å². The number of hydrogen-bond acceptors (Lipinski definition) is 7. The molecular weight excluding hydrogens is 1140 g/mol. The van der Waals surface area contributed by atoms with Crippen molar-refractivity contribution in [2.24, 2.45) is 0 Å². The van der Waals surface area contributed by atoms with Crippen molar-refractivity contribution in [1.82, 2.24) is 0 Å². The van der Waals surface area contributed by atoms with Crippen LogP contribution in [0.1, 0.15) is 73.3 Å².